The van der Waals surface area contributed by atoms with Gasteiger partial charge in [-0.05, 0) is 30.3 Å². The molecule has 0 saturated heterocycles. The van der Waals surface area contributed by atoms with E-state index in [1.807, 2.05) is 49.3 Å². The normalized spacial score (nSPS) is 14.6. The molecule has 0 saturated carbocycles. The van der Waals surface area contributed by atoms with E-state index < -0.39 is 0 Å². The van der Waals surface area contributed by atoms with E-state index in [0.29, 0.717) is 22.0 Å². The highest BCUT2D eigenvalue weighted by Crippen LogP contribution is 2.35. The lowest BCUT2D eigenvalue weighted by Gasteiger charge is -2.15. The van der Waals surface area contributed by atoms with Crippen molar-refractivity contribution >= 4 is 34.8 Å². The van der Waals surface area contributed by atoms with Gasteiger partial charge >= 0.3 is 0 Å². The summed E-state index contributed by atoms with van der Waals surface area (Å²) in [6, 6.07) is 11.2. The van der Waals surface area contributed by atoms with Crippen molar-refractivity contribution in [1.82, 2.24) is 0 Å². The number of carbonyl (C=O) groups excluding carboxylic acids is 1. The SMILES string of the molecule is COc1cc(N(C)C)ccc1/C=C1\Nc2cccc(Cl)c2C1=O. The molecule has 0 amide bonds. The fourth-order valence-corrected chi connectivity index (χ4v) is 2.81. The van der Waals surface area contributed by atoms with Gasteiger partial charge in [-0.15, -0.1) is 0 Å². The lowest BCUT2D eigenvalue weighted by atomic mass is 10.1. The largest absolute Gasteiger partial charge is 0.496 e. The number of benzene rings is 2. The Morgan fingerprint density at radius 2 is 2.00 bits per heavy atom. The number of nitrogens with one attached hydrogen (secondary N) is 1. The molecule has 2 aromatic rings. The standard InChI is InChI=1S/C18H17ClN2O2/c1-21(2)12-8-7-11(16(10-12)23-3)9-15-18(22)17-13(19)5-4-6-14(17)20-15/h4-10,20H,1-3H3/b15-9-. The lowest BCUT2D eigenvalue weighted by molar-refractivity contribution is 0.104. The smallest absolute Gasteiger partial charge is 0.212 e. The van der Waals surface area contributed by atoms with Crippen LogP contribution in [0.15, 0.2) is 42.1 Å². The summed E-state index contributed by atoms with van der Waals surface area (Å²) in [7, 11) is 5.55. The second-order valence-electron chi connectivity index (χ2n) is 5.50. The minimum atomic E-state index is -0.107. The molecule has 1 aliphatic heterocycles. The van der Waals surface area contributed by atoms with Crippen LogP contribution in [0.4, 0.5) is 11.4 Å². The van der Waals surface area contributed by atoms with Crippen molar-refractivity contribution in [3.05, 3.63) is 58.2 Å². The molecule has 1 heterocycles. The minimum Gasteiger partial charge on any atom is -0.496 e. The second kappa shape index (κ2) is 5.97. The lowest BCUT2D eigenvalue weighted by Crippen LogP contribution is -2.08. The van der Waals surface area contributed by atoms with Gasteiger partial charge in [0.1, 0.15) is 5.75 Å². The van der Waals surface area contributed by atoms with Gasteiger partial charge < -0.3 is 15.0 Å². The molecule has 0 radical (unpaired) electrons. The predicted molar refractivity (Wildman–Crippen MR) is 94.7 cm³/mol. The molecule has 0 aliphatic carbocycles. The number of fused-ring (bicyclic) bond motifs is 1. The zero-order chi connectivity index (χ0) is 16.6. The van der Waals surface area contributed by atoms with Crippen molar-refractivity contribution in [1.29, 1.82) is 0 Å². The van der Waals surface area contributed by atoms with Gasteiger partial charge in [-0.25, -0.2) is 0 Å². The summed E-state index contributed by atoms with van der Waals surface area (Å²) in [4.78, 5) is 14.5. The molecule has 118 valence electrons. The van der Waals surface area contributed by atoms with Gasteiger partial charge in [0.2, 0.25) is 5.78 Å². The Labute approximate surface area is 140 Å². The molecule has 0 bridgehead atoms. The van der Waals surface area contributed by atoms with Crippen molar-refractivity contribution in [2.24, 2.45) is 0 Å². The van der Waals surface area contributed by atoms with E-state index in [1.54, 1.807) is 19.3 Å². The fourth-order valence-electron chi connectivity index (χ4n) is 2.55. The van der Waals surface area contributed by atoms with Gasteiger partial charge in [0.05, 0.1) is 29.1 Å². The van der Waals surface area contributed by atoms with E-state index in [2.05, 4.69) is 5.32 Å². The summed E-state index contributed by atoms with van der Waals surface area (Å²) in [6.45, 7) is 0. The van der Waals surface area contributed by atoms with Gasteiger partial charge in [0.15, 0.2) is 0 Å². The first-order valence-corrected chi connectivity index (χ1v) is 7.56. The number of ketones is 1. The van der Waals surface area contributed by atoms with E-state index in [-0.39, 0.29) is 5.78 Å². The van der Waals surface area contributed by atoms with Crippen molar-refractivity contribution in [3.63, 3.8) is 0 Å². The number of allylic oxidation sites excluding steroid dienone is 1. The Kier molecular flexibility index (Phi) is 4.01. The monoisotopic (exact) mass is 328 g/mol. The van der Waals surface area contributed by atoms with E-state index >= 15 is 0 Å². The van der Waals surface area contributed by atoms with Crippen LogP contribution in [0, 0.1) is 0 Å². The molecule has 1 aliphatic rings. The molecule has 0 spiro atoms. The zero-order valence-electron chi connectivity index (χ0n) is 13.2. The Balaban J connectivity index is 2.01. The molecular weight excluding hydrogens is 312 g/mol. The molecule has 0 unspecified atom stereocenters. The highest BCUT2D eigenvalue weighted by Gasteiger charge is 2.27. The van der Waals surface area contributed by atoms with Crippen molar-refractivity contribution in [2.45, 2.75) is 0 Å². The summed E-state index contributed by atoms with van der Waals surface area (Å²) in [6.07, 6.45) is 1.79. The van der Waals surface area contributed by atoms with Gasteiger partial charge in [-0.2, -0.15) is 0 Å². The Bertz CT molecular complexity index is 813. The first kappa shape index (κ1) is 15.4. The van der Waals surface area contributed by atoms with Gasteiger partial charge in [-0.1, -0.05) is 17.7 Å². The summed E-state index contributed by atoms with van der Waals surface area (Å²) < 4.78 is 5.45. The number of nitrogens with zero attached hydrogens (tertiary/aromatic N) is 1. The average Bonchev–Trinajstić information content (AvgIpc) is 2.85. The molecule has 4 nitrogen and oxygen atoms in total. The summed E-state index contributed by atoms with van der Waals surface area (Å²) in [5, 5.41) is 3.58. The highest BCUT2D eigenvalue weighted by molar-refractivity contribution is 6.37. The number of hydrogen-bond donors (Lipinski definition) is 1. The Morgan fingerprint density at radius 1 is 1.22 bits per heavy atom. The number of Topliss-reactive ketones (excluding diaryl/α,β-unsaturated/α-hetero) is 1. The Morgan fingerprint density at radius 3 is 2.65 bits per heavy atom. The van der Waals surface area contributed by atoms with Crippen molar-refractivity contribution in [2.75, 3.05) is 31.4 Å². The first-order valence-electron chi connectivity index (χ1n) is 7.18. The molecule has 0 fully saturated rings. The van der Waals surface area contributed by atoms with Crippen LogP contribution < -0.4 is 15.0 Å². The predicted octanol–water partition coefficient (Wildman–Crippen LogP) is 4.06. The number of halogens is 1. The van der Waals surface area contributed by atoms with Gasteiger partial charge in [-0.3, -0.25) is 4.79 Å². The van der Waals surface area contributed by atoms with E-state index in [0.717, 1.165) is 16.9 Å². The van der Waals surface area contributed by atoms with Crippen LogP contribution in [0.3, 0.4) is 0 Å². The average molecular weight is 329 g/mol. The molecule has 5 heteroatoms. The molecular formula is C18H17ClN2O2. The van der Waals surface area contributed by atoms with Crippen molar-refractivity contribution < 1.29 is 9.53 Å². The van der Waals surface area contributed by atoms with E-state index in [4.69, 9.17) is 16.3 Å². The first-order chi connectivity index (χ1) is 11.0. The molecule has 0 atom stereocenters. The van der Waals surface area contributed by atoms with Crippen molar-refractivity contribution in [3.8, 4) is 5.75 Å². The summed E-state index contributed by atoms with van der Waals surface area (Å²) >= 11 is 6.13. The molecule has 0 aromatic heterocycles. The van der Waals surface area contributed by atoms with Crippen LogP contribution in [0.1, 0.15) is 15.9 Å². The van der Waals surface area contributed by atoms with Crippen LogP contribution in [0.5, 0.6) is 5.75 Å². The zero-order valence-corrected chi connectivity index (χ0v) is 13.9. The minimum absolute atomic E-state index is 0.107. The number of methoxy groups -OCH3 is 1. The second-order valence-corrected chi connectivity index (χ2v) is 5.90. The molecule has 23 heavy (non-hydrogen) atoms. The number of hydrogen-bond acceptors (Lipinski definition) is 4. The summed E-state index contributed by atoms with van der Waals surface area (Å²) in [5.41, 5.74) is 3.60. The third kappa shape index (κ3) is 2.78. The molecule has 2 aromatic carbocycles. The number of anilines is 2. The third-order valence-corrected chi connectivity index (χ3v) is 4.10. The van der Waals surface area contributed by atoms with E-state index in [1.165, 1.54) is 0 Å². The number of carbonyl (C=O) groups is 1. The maximum Gasteiger partial charge on any atom is 0.212 e. The van der Waals surface area contributed by atoms with Gasteiger partial charge in [0, 0.05) is 31.4 Å². The topological polar surface area (TPSA) is 41.6 Å². The number of rotatable bonds is 3. The maximum absolute atomic E-state index is 12.5. The molecule has 3 rings (SSSR count). The van der Waals surface area contributed by atoms with Crippen LogP contribution in [0.25, 0.3) is 6.08 Å². The van der Waals surface area contributed by atoms with Crippen LogP contribution in [-0.4, -0.2) is 27.0 Å². The quantitative estimate of drug-likeness (QED) is 0.863. The number of ether oxygens (including phenoxy) is 1. The van der Waals surface area contributed by atoms with Crippen LogP contribution in [-0.2, 0) is 0 Å². The summed E-state index contributed by atoms with van der Waals surface area (Å²) in [5.74, 6) is 0.602. The Hall–Kier alpha value is -2.46. The van der Waals surface area contributed by atoms with Crippen LogP contribution in [0.2, 0.25) is 5.02 Å². The molecule has 1 N–H and O–H groups in total. The van der Waals surface area contributed by atoms with E-state index in [9.17, 15) is 4.79 Å². The van der Waals surface area contributed by atoms with Gasteiger partial charge in [0.25, 0.3) is 0 Å². The fraction of sp³-hybridized carbons (Fsp3) is 0.167. The maximum atomic E-state index is 12.5. The highest BCUT2D eigenvalue weighted by atomic mass is 35.5. The third-order valence-electron chi connectivity index (χ3n) is 3.79. The van der Waals surface area contributed by atoms with Crippen LogP contribution >= 0.6 is 11.6 Å².